The van der Waals surface area contributed by atoms with Crippen LogP contribution in [0.5, 0.6) is 0 Å². The molecule has 6 nitrogen and oxygen atoms in total. The van der Waals surface area contributed by atoms with Gasteiger partial charge in [-0.3, -0.25) is 9.80 Å². The summed E-state index contributed by atoms with van der Waals surface area (Å²) in [4.78, 5) is 18.7. The average Bonchev–Trinajstić information content (AvgIpc) is 2.97. The highest BCUT2D eigenvalue weighted by molar-refractivity contribution is 5.87. The van der Waals surface area contributed by atoms with Crippen LogP contribution in [0.4, 0.5) is 19.3 Å². The van der Waals surface area contributed by atoms with E-state index < -0.39 is 12.2 Å². The molecule has 0 bridgehead atoms. The summed E-state index contributed by atoms with van der Waals surface area (Å²) in [6, 6.07) is 22.4. The summed E-state index contributed by atoms with van der Waals surface area (Å²) in [5.41, 5.74) is 2.75. The second-order valence-corrected chi connectivity index (χ2v) is 10.2. The molecule has 0 aromatic heterocycles. The summed E-state index contributed by atoms with van der Waals surface area (Å²) in [5.74, 6) is -0.457. The van der Waals surface area contributed by atoms with Crippen molar-refractivity contribution in [1.29, 1.82) is 0 Å². The molecule has 1 unspecified atom stereocenters. The molecule has 0 saturated carbocycles. The van der Waals surface area contributed by atoms with Crippen molar-refractivity contribution in [2.75, 3.05) is 57.3 Å². The highest BCUT2D eigenvalue weighted by atomic mass is 35.5. The van der Waals surface area contributed by atoms with Gasteiger partial charge in [0.05, 0.1) is 19.3 Å². The normalized spacial score (nSPS) is 14.5. The number of carbonyl (C=O) groups is 1. The van der Waals surface area contributed by atoms with Gasteiger partial charge in [0.1, 0.15) is 11.6 Å². The molecule has 1 fully saturated rings. The van der Waals surface area contributed by atoms with Crippen molar-refractivity contribution in [2.24, 2.45) is 0 Å². The molecule has 230 valence electrons. The Labute approximate surface area is 260 Å². The fraction of sp³-hybridized carbons (Fsp3) is 0.406. The van der Waals surface area contributed by atoms with Crippen molar-refractivity contribution in [1.82, 2.24) is 9.80 Å². The summed E-state index contributed by atoms with van der Waals surface area (Å²) in [5, 5.41) is 10.8. The Morgan fingerprint density at radius 1 is 0.857 bits per heavy atom. The third-order valence-electron chi connectivity index (χ3n) is 7.40. The van der Waals surface area contributed by atoms with Gasteiger partial charge >= 0.3 is 6.09 Å². The predicted molar refractivity (Wildman–Crippen MR) is 168 cm³/mol. The number of carbonyl (C=O) groups excluding carboxylic acids is 1. The third-order valence-corrected chi connectivity index (χ3v) is 7.40. The minimum Gasteiger partial charge on any atom is -0.449 e. The summed E-state index contributed by atoms with van der Waals surface area (Å²) in [6.07, 6.45) is 0.660. The first kappa shape index (κ1) is 35.4. The van der Waals surface area contributed by atoms with Gasteiger partial charge in [-0.25, -0.2) is 13.6 Å². The quantitative estimate of drug-likeness (QED) is 0.254. The van der Waals surface area contributed by atoms with E-state index in [9.17, 15) is 18.7 Å². The van der Waals surface area contributed by atoms with Gasteiger partial charge in [-0.2, -0.15) is 0 Å². The second kappa shape index (κ2) is 18.0. The van der Waals surface area contributed by atoms with Gasteiger partial charge in [-0.1, -0.05) is 42.5 Å². The number of benzene rings is 3. The van der Waals surface area contributed by atoms with E-state index in [1.165, 1.54) is 29.2 Å². The van der Waals surface area contributed by atoms with E-state index in [1.54, 1.807) is 6.92 Å². The fourth-order valence-electron chi connectivity index (χ4n) is 5.29. The summed E-state index contributed by atoms with van der Waals surface area (Å²) < 4.78 is 32.2. The lowest BCUT2D eigenvalue weighted by Crippen LogP contribution is -2.50. The monoisotopic (exact) mass is 623 g/mol. The van der Waals surface area contributed by atoms with Gasteiger partial charge in [0.2, 0.25) is 0 Å². The molecule has 0 spiro atoms. The number of hydrogen-bond donors (Lipinski definition) is 1. The van der Waals surface area contributed by atoms with Crippen LogP contribution >= 0.6 is 24.8 Å². The van der Waals surface area contributed by atoms with Crippen molar-refractivity contribution < 1.29 is 23.4 Å². The van der Waals surface area contributed by atoms with Crippen LogP contribution in [-0.2, 0) is 4.74 Å². The highest BCUT2D eigenvalue weighted by Crippen LogP contribution is 2.30. The van der Waals surface area contributed by atoms with Crippen LogP contribution in [0.2, 0.25) is 0 Å². The van der Waals surface area contributed by atoms with E-state index in [0.717, 1.165) is 56.7 Å². The molecule has 1 saturated heterocycles. The first-order chi connectivity index (χ1) is 19.4. The van der Waals surface area contributed by atoms with Crippen molar-refractivity contribution in [3.8, 4) is 0 Å². The van der Waals surface area contributed by atoms with E-state index in [2.05, 4.69) is 9.80 Å². The van der Waals surface area contributed by atoms with Gasteiger partial charge < -0.3 is 14.7 Å². The molecule has 1 heterocycles. The number of aliphatic hydroxyl groups excluding tert-OH is 1. The number of rotatable bonds is 12. The molecule has 1 atom stereocenters. The van der Waals surface area contributed by atoms with Crippen molar-refractivity contribution >= 4 is 36.6 Å². The van der Waals surface area contributed by atoms with Crippen LogP contribution in [-0.4, -0.2) is 79.5 Å². The minimum atomic E-state index is -0.705. The van der Waals surface area contributed by atoms with E-state index in [1.807, 2.05) is 54.6 Å². The number of anilines is 1. The summed E-state index contributed by atoms with van der Waals surface area (Å²) in [6.45, 7) is 7.07. The number of nitrogens with zero attached hydrogens (tertiary/aromatic N) is 3. The molecule has 1 aliphatic heterocycles. The Bertz CT molecular complexity index is 1140. The van der Waals surface area contributed by atoms with Gasteiger partial charge in [-0.15, -0.1) is 24.8 Å². The molecule has 4 rings (SSSR count). The van der Waals surface area contributed by atoms with E-state index in [-0.39, 0.29) is 55.5 Å². The van der Waals surface area contributed by atoms with Crippen LogP contribution in [0.25, 0.3) is 0 Å². The third kappa shape index (κ3) is 10.5. The minimum absolute atomic E-state index is 0. The van der Waals surface area contributed by atoms with E-state index >= 15 is 0 Å². The number of amides is 1. The van der Waals surface area contributed by atoms with Gasteiger partial charge in [-0.05, 0) is 73.8 Å². The molecule has 0 radical (unpaired) electrons. The topological polar surface area (TPSA) is 56.2 Å². The van der Waals surface area contributed by atoms with Crippen molar-refractivity contribution in [3.63, 3.8) is 0 Å². The summed E-state index contributed by atoms with van der Waals surface area (Å²) in [7, 11) is 0. The number of halogens is 4. The van der Waals surface area contributed by atoms with E-state index in [4.69, 9.17) is 4.74 Å². The number of β-amino-alcohol motifs (C(OH)–C–C–N with tert-alkyl or cyclic N) is 1. The molecular formula is C32H41Cl2F2N3O3. The Hall–Kier alpha value is -2.75. The molecule has 1 amide bonds. The Morgan fingerprint density at radius 2 is 1.38 bits per heavy atom. The van der Waals surface area contributed by atoms with Gasteiger partial charge in [0.25, 0.3) is 0 Å². The molecule has 10 heteroatoms. The van der Waals surface area contributed by atoms with Crippen molar-refractivity contribution in [2.45, 2.75) is 31.8 Å². The van der Waals surface area contributed by atoms with E-state index in [0.29, 0.717) is 12.2 Å². The predicted octanol–water partition coefficient (Wildman–Crippen LogP) is 6.36. The molecule has 42 heavy (non-hydrogen) atoms. The molecule has 3 aromatic carbocycles. The lowest BCUT2D eigenvalue weighted by Gasteiger charge is -2.36. The maximum absolute atomic E-state index is 13.5. The lowest BCUT2D eigenvalue weighted by molar-refractivity contribution is 0.0736. The lowest BCUT2D eigenvalue weighted by atomic mass is 9.87. The molecule has 3 aromatic rings. The molecule has 0 aliphatic carbocycles. The maximum atomic E-state index is 13.5. The Morgan fingerprint density at radius 3 is 1.90 bits per heavy atom. The number of piperazine rings is 1. The largest absolute Gasteiger partial charge is 0.449 e. The first-order valence-corrected chi connectivity index (χ1v) is 14.1. The van der Waals surface area contributed by atoms with Crippen LogP contribution in [0.15, 0.2) is 78.9 Å². The first-order valence-electron chi connectivity index (χ1n) is 14.1. The van der Waals surface area contributed by atoms with Crippen LogP contribution < -0.4 is 4.90 Å². The smallest absolute Gasteiger partial charge is 0.414 e. The van der Waals surface area contributed by atoms with Gasteiger partial charge in [0, 0.05) is 44.3 Å². The zero-order valence-electron chi connectivity index (χ0n) is 23.9. The van der Waals surface area contributed by atoms with Crippen molar-refractivity contribution in [3.05, 3.63) is 102 Å². The molecule has 1 aliphatic rings. The highest BCUT2D eigenvalue weighted by Gasteiger charge is 2.24. The number of ether oxygens (including phenoxy) is 1. The zero-order valence-corrected chi connectivity index (χ0v) is 25.5. The van der Waals surface area contributed by atoms with Crippen LogP contribution in [0.1, 0.15) is 36.8 Å². The average molecular weight is 625 g/mol. The Kier molecular flexibility index (Phi) is 15.2. The maximum Gasteiger partial charge on any atom is 0.414 e. The molecule has 1 N–H and O–H groups in total. The number of aliphatic hydroxyl groups is 1. The van der Waals surface area contributed by atoms with Crippen LogP contribution in [0, 0.1) is 11.6 Å². The van der Waals surface area contributed by atoms with Crippen LogP contribution in [0.3, 0.4) is 0 Å². The second-order valence-electron chi connectivity index (χ2n) is 10.2. The fourth-order valence-corrected chi connectivity index (χ4v) is 5.29. The standard InChI is InChI=1S/C32H39F2N3O3.2ClH/c1-2-40-32(39)37(29-7-4-3-5-8-29)24-30(38)23-36-21-19-35(20-22-36)18-6-9-31(25-10-14-27(33)15-11-25)26-12-16-28(34)17-13-26;;/h3-5,7-8,10-17,30-31,38H,2,6,9,18-24H2,1H3;2*1H. The molecular weight excluding hydrogens is 583 g/mol. The number of para-hydroxylation sites is 1. The Balaban J connectivity index is 0.00000308. The van der Waals surface area contributed by atoms with Gasteiger partial charge in [0.15, 0.2) is 0 Å². The SMILES string of the molecule is CCOC(=O)N(CC(O)CN1CCN(CCCC(c2ccc(F)cc2)c2ccc(F)cc2)CC1)c1ccccc1.Cl.Cl. The number of hydrogen-bond acceptors (Lipinski definition) is 5. The summed E-state index contributed by atoms with van der Waals surface area (Å²) >= 11 is 0. The zero-order chi connectivity index (χ0) is 28.3.